The molecule has 2 aliphatic carbocycles. The molecule has 4 atom stereocenters. The summed E-state index contributed by atoms with van der Waals surface area (Å²) in [7, 11) is 0. The summed E-state index contributed by atoms with van der Waals surface area (Å²) < 4.78 is 0. The summed E-state index contributed by atoms with van der Waals surface area (Å²) in [6.07, 6.45) is 4.60. The third-order valence-electron chi connectivity index (χ3n) is 5.34. The van der Waals surface area contributed by atoms with Crippen LogP contribution in [0, 0.1) is 24.2 Å². The molecule has 18 heavy (non-hydrogen) atoms. The molecule has 1 aromatic carbocycles. The summed E-state index contributed by atoms with van der Waals surface area (Å²) in [6, 6.07) is 8.28. The monoisotopic (exact) mass is 245 g/mol. The van der Waals surface area contributed by atoms with Gasteiger partial charge in [0.2, 0.25) is 0 Å². The van der Waals surface area contributed by atoms with Crippen molar-refractivity contribution in [2.45, 2.75) is 38.7 Å². The Morgan fingerprint density at radius 2 is 2.06 bits per heavy atom. The lowest BCUT2D eigenvalue weighted by atomic mass is 9.67. The molecule has 0 aliphatic heterocycles. The van der Waals surface area contributed by atoms with Crippen LogP contribution in [0.3, 0.4) is 0 Å². The Hall–Kier alpha value is -0.860. The molecule has 0 saturated heterocycles. The van der Waals surface area contributed by atoms with Gasteiger partial charge in [-0.3, -0.25) is 0 Å². The molecule has 2 bridgehead atoms. The highest BCUT2D eigenvalue weighted by atomic mass is 16.3. The number of aliphatic hydroxyl groups is 1. The highest BCUT2D eigenvalue weighted by molar-refractivity contribution is 5.26. The maximum atomic E-state index is 10.8. The minimum Gasteiger partial charge on any atom is -0.388 e. The fourth-order valence-corrected chi connectivity index (χ4v) is 4.26. The molecule has 2 nitrogen and oxygen atoms in total. The van der Waals surface area contributed by atoms with Crippen molar-refractivity contribution >= 4 is 0 Å². The van der Waals surface area contributed by atoms with Gasteiger partial charge in [0.15, 0.2) is 0 Å². The second-order valence-electron chi connectivity index (χ2n) is 6.33. The molecule has 2 heteroatoms. The Bertz CT molecular complexity index is 427. The maximum Gasteiger partial charge on any atom is 0.0861 e. The van der Waals surface area contributed by atoms with Gasteiger partial charge in [-0.15, -0.1) is 0 Å². The van der Waals surface area contributed by atoms with Gasteiger partial charge in [-0.1, -0.05) is 36.2 Å². The summed E-state index contributed by atoms with van der Waals surface area (Å²) >= 11 is 0. The van der Waals surface area contributed by atoms with E-state index in [2.05, 4.69) is 31.2 Å². The van der Waals surface area contributed by atoms with E-state index in [1.165, 1.54) is 24.8 Å². The molecular weight excluding hydrogens is 222 g/mol. The summed E-state index contributed by atoms with van der Waals surface area (Å²) in [5.74, 6) is 1.43. The van der Waals surface area contributed by atoms with Gasteiger partial charge < -0.3 is 10.8 Å². The van der Waals surface area contributed by atoms with Crippen molar-refractivity contribution in [1.82, 2.24) is 0 Å². The van der Waals surface area contributed by atoms with Crippen LogP contribution in [-0.2, 0) is 0 Å². The molecular formula is C16H23NO. The lowest BCUT2D eigenvalue weighted by Crippen LogP contribution is -2.41. The number of rotatable bonds is 3. The number of fused-ring (bicyclic) bond motifs is 2. The van der Waals surface area contributed by atoms with Crippen LogP contribution in [0.25, 0.3) is 0 Å². The van der Waals surface area contributed by atoms with Gasteiger partial charge in [0.25, 0.3) is 0 Å². The SMILES string of the molecule is Cc1ccc(C(O)C2(CN)CC3CCC2C3)cc1. The molecule has 2 saturated carbocycles. The first-order valence-electron chi connectivity index (χ1n) is 7.10. The van der Waals surface area contributed by atoms with E-state index in [0.29, 0.717) is 12.5 Å². The molecule has 2 fully saturated rings. The van der Waals surface area contributed by atoms with Gasteiger partial charge in [0.1, 0.15) is 0 Å². The van der Waals surface area contributed by atoms with E-state index < -0.39 is 6.10 Å². The number of aliphatic hydroxyl groups excluding tert-OH is 1. The number of nitrogens with two attached hydrogens (primary N) is 1. The zero-order valence-electron chi connectivity index (χ0n) is 11.1. The summed E-state index contributed by atoms with van der Waals surface area (Å²) in [6.45, 7) is 2.69. The molecule has 0 radical (unpaired) electrons. The van der Waals surface area contributed by atoms with E-state index in [9.17, 15) is 5.11 Å². The molecule has 98 valence electrons. The number of aryl methyl sites for hydroxylation is 1. The smallest absolute Gasteiger partial charge is 0.0861 e. The van der Waals surface area contributed by atoms with Crippen molar-refractivity contribution in [3.05, 3.63) is 35.4 Å². The fraction of sp³-hybridized carbons (Fsp3) is 0.625. The van der Waals surface area contributed by atoms with Crippen molar-refractivity contribution in [3.63, 3.8) is 0 Å². The van der Waals surface area contributed by atoms with Gasteiger partial charge >= 0.3 is 0 Å². The highest BCUT2D eigenvalue weighted by Gasteiger charge is 2.54. The molecule has 0 spiro atoms. The Labute approximate surface area is 109 Å². The van der Waals surface area contributed by atoms with Crippen LogP contribution in [-0.4, -0.2) is 11.7 Å². The molecule has 0 aromatic heterocycles. The van der Waals surface area contributed by atoms with Gasteiger partial charge in [-0.05, 0) is 43.6 Å². The van der Waals surface area contributed by atoms with Crippen LogP contribution in [0.5, 0.6) is 0 Å². The Morgan fingerprint density at radius 1 is 1.33 bits per heavy atom. The quantitative estimate of drug-likeness (QED) is 0.860. The van der Waals surface area contributed by atoms with Crippen LogP contribution in [0.1, 0.15) is 42.9 Å². The fourth-order valence-electron chi connectivity index (χ4n) is 4.26. The Balaban J connectivity index is 1.90. The van der Waals surface area contributed by atoms with E-state index in [1.54, 1.807) is 0 Å². The maximum absolute atomic E-state index is 10.8. The van der Waals surface area contributed by atoms with Crippen molar-refractivity contribution in [3.8, 4) is 0 Å². The number of hydrogen-bond donors (Lipinski definition) is 2. The van der Waals surface area contributed by atoms with Crippen LogP contribution in [0.15, 0.2) is 24.3 Å². The summed E-state index contributed by atoms with van der Waals surface area (Å²) in [5, 5.41) is 10.8. The first-order valence-corrected chi connectivity index (χ1v) is 7.10. The van der Waals surface area contributed by atoms with Crippen molar-refractivity contribution in [1.29, 1.82) is 0 Å². The van der Waals surface area contributed by atoms with Gasteiger partial charge in [-0.2, -0.15) is 0 Å². The zero-order valence-corrected chi connectivity index (χ0v) is 11.1. The topological polar surface area (TPSA) is 46.2 Å². The Morgan fingerprint density at radius 3 is 2.56 bits per heavy atom. The largest absolute Gasteiger partial charge is 0.388 e. The van der Waals surface area contributed by atoms with Gasteiger partial charge in [-0.25, -0.2) is 0 Å². The van der Waals surface area contributed by atoms with E-state index in [1.807, 2.05) is 0 Å². The van der Waals surface area contributed by atoms with Crippen LogP contribution >= 0.6 is 0 Å². The normalized spacial score (nSPS) is 35.9. The third-order valence-corrected chi connectivity index (χ3v) is 5.34. The molecule has 3 N–H and O–H groups in total. The predicted molar refractivity (Wildman–Crippen MR) is 73.1 cm³/mol. The molecule has 1 aromatic rings. The van der Waals surface area contributed by atoms with Gasteiger partial charge in [0.05, 0.1) is 6.10 Å². The zero-order chi connectivity index (χ0) is 12.8. The van der Waals surface area contributed by atoms with E-state index in [-0.39, 0.29) is 5.41 Å². The molecule has 0 heterocycles. The molecule has 3 rings (SSSR count). The van der Waals surface area contributed by atoms with Crippen molar-refractivity contribution < 1.29 is 5.11 Å². The summed E-state index contributed by atoms with van der Waals surface area (Å²) in [5.41, 5.74) is 8.28. The first kappa shape index (κ1) is 12.2. The average molecular weight is 245 g/mol. The standard InChI is InChI=1S/C16H23NO/c1-11-2-5-13(6-3-11)15(18)16(10-17)9-12-4-7-14(16)8-12/h2-3,5-6,12,14-15,18H,4,7-10,17H2,1H3. The average Bonchev–Trinajstić information content (AvgIpc) is 2.99. The highest BCUT2D eigenvalue weighted by Crippen LogP contribution is 2.60. The van der Waals surface area contributed by atoms with Crippen LogP contribution in [0.4, 0.5) is 0 Å². The molecule has 2 aliphatic rings. The van der Waals surface area contributed by atoms with Gasteiger partial charge in [0, 0.05) is 12.0 Å². The minimum atomic E-state index is -0.390. The minimum absolute atomic E-state index is 0.0574. The predicted octanol–water partition coefficient (Wildman–Crippen LogP) is 2.79. The lowest BCUT2D eigenvalue weighted by molar-refractivity contribution is -0.0130. The van der Waals surface area contributed by atoms with Crippen molar-refractivity contribution in [2.24, 2.45) is 23.0 Å². The van der Waals surface area contributed by atoms with E-state index in [0.717, 1.165) is 17.9 Å². The van der Waals surface area contributed by atoms with Crippen LogP contribution in [0.2, 0.25) is 0 Å². The van der Waals surface area contributed by atoms with E-state index in [4.69, 9.17) is 5.73 Å². The summed E-state index contributed by atoms with van der Waals surface area (Å²) in [4.78, 5) is 0. The number of benzene rings is 1. The Kier molecular flexibility index (Phi) is 2.95. The number of hydrogen-bond acceptors (Lipinski definition) is 2. The van der Waals surface area contributed by atoms with Crippen molar-refractivity contribution in [2.75, 3.05) is 6.54 Å². The first-order chi connectivity index (χ1) is 8.65. The lowest BCUT2D eigenvalue weighted by Gasteiger charge is -2.41. The third kappa shape index (κ3) is 1.70. The molecule has 4 unspecified atom stereocenters. The second kappa shape index (κ2) is 4.36. The van der Waals surface area contributed by atoms with Crippen LogP contribution < -0.4 is 5.73 Å². The van der Waals surface area contributed by atoms with E-state index >= 15 is 0 Å². The second-order valence-corrected chi connectivity index (χ2v) is 6.33. The molecule has 0 amide bonds.